The largest absolute Gasteiger partial charge is 0.573 e. The van der Waals surface area contributed by atoms with Crippen molar-refractivity contribution in [1.29, 1.82) is 0 Å². The Hall–Kier alpha value is -1.80. The lowest BCUT2D eigenvalue weighted by molar-refractivity contribution is -0.274. The van der Waals surface area contributed by atoms with Gasteiger partial charge < -0.3 is 14.9 Å². The third-order valence-electron chi connectivity index (χ3n) is 2.40. The molecule has 0 aromatic heterocycles. The molecule has 0 radical (unpaired) electrons. The second-order valence-electron chi connectivity index (χ2n) is 3.91. The molecular weight excluding hydrogens is 317 g/mol. The van der Waals surface area contributed by atoms with Gasteiger partial charge in [0.05, 0.1) is 5.56 Å². The number of aliphatic hydroxyl groups is 1. The lowest BCUT2D eigenvalue weighted by Crippen LogP contribution is -2.20. The van der Waals surface area contributed by atoms with Crippen molar-refractivity contribution < 1.29 is 37.7 Å². The van der Waals surface area contributed by atoms with E-state index < -0.39 is 35.5 Å². The van der Waals surface area contributed by atoms with Gasteiger partial charge in [-0.2, -0.15) is 0 Å². The van der Waals surface area contributed by atoms with Crippen LogP contribution in [0.25, 0.3) is 0 Å². The highest BCUT2D eigenvalue weighted by Gasteiger charge is 2.33. The number of hydrogen-bond donors (Lipinski definition) is 2. The molecule has 1 unspecified atom stereocenters. The van der Waals surface area contributed by atoms with Gasteiger partial charge in [-0.3, -0.25) is 4.79 Å². The number of carboxylic acid groups (broad SMARTS) is 1. The van der Waals surface area contributed by atoms with Gasteiger partial charge in [-0.15, -0.1) is 24.8 Å². The fraction of sp³-hybridized carbons (Fsp3) is 0.333. The van der Waals surface area contributed by atoms with Gasteiger partial charge in [0, 0.05) is 12.3 Å². The van der Waals surface area contributed by atoms with Gasteiger partial charge in [0.15, 0.2) is 11.9 Å². The van der Waals surface area contributed by atoms with Crippen LogP contribution in [0.5, 0.6) is 5.75 Å². The Morgan fingerprint density at radius 2 is 1.95 bits per heavy atom. The molecule has 0 spiro atoms. The molecule has 0 bridgehead atoms. The smallest absolute Gasteiger partial charge is 0.479 e. The van der Waals surface area contributed by atoms with Crippen LogP contribution in [-0.4, -0.2) is 34.2 Å². The van der Waals surface area contributed by atoms with Crippen LogP contribution in [0.1, 0.15) is 28.4 Å². The van der Waals surface area contributed by atoms with Crippen LogP contribution in [0, 0.1) is 0 Å². The van der Waals surface area contributed by atoms with Crippen molar-refractivity contribution in [2.75, 3.05) is 5.88 Å². The van der Waals surface area contributed by atoms with Crippen molar-refractivity contribution in [2.45, 2.75) is 18.9 Å². The van der Waals surface area contributed by atoms with Crippen LogP contribution >= 0.6 is 11.6 Å². The number of aliphatic carboxylic acids is 1. The van der Waals surface area contributed by atoms with E-state index in [1.54, 1.807) is 0 Å². The number of aliphatic hydroxyl groups excluding tert-OH is 1. The van der Waals surface area contributed by atoms with Gasteiger partial charge in [0.25, 0.3) is 0 Å². The number of carbonyl (C=O) groups is 2. The van der Waals surface area contributed by atoms with E-state index in [9.17, 15) is 27.9 Å². The molecule has 116 valence electrons. The maximum Gasteiger partial charge on any atom is 0.573 e. The number of rotatable bonds is 6. The summed E-state index contributed by atoms with van der Waals surface area (Å²) >= 11 is 5.35. The molecule has 0 amide bonds. The molecule has 1 aromatic rings. The van der Waals surface area contributed by atoms with Crippen molar-refractivity contribution in [3.05, 3.63) is 29.3 Å². The molecule has 0 saturated heterocycles. The van der Waals surface area contributed by atoms with Crippen LogP contribution in [-0.2, 0) is 4.79 Å². The minimum atomic E-state index is -5.07. The molecule has 0 saturated carbocycles. The number of ketones is 1. The summed E-state index contributed by atoms with van der Waals surface area (Å²) in [7, 11) is 0. The Labute approximate surface area is 121 Å². The van der Waals surface area contributed by atoms with E-state index in [-0.39, 0.29) is 17.9 Å². The molecule has 0 heterocycles. The van der Waals surface area contributed by atoms with Crippen LogP contribution in [0.4, 0.5) is 13.2 Å². The number of alkyl halides is 4. The average molecular weight is 327 g/mol. The summed E-state index contributed by atoms with van der Waals surface area (Å²) in [5.41, 5.74) is -0.738. The number of halogens is 4. The Kier molecular flexibility index (Phi) is 5.56. The molecule has 2 N–H and O–H groups in total. The average Bonchev–Trinajstić information content (AvgIpc) is 2.35. The summed E-state index contributed by atoms with van der Waals surface area (Å²) in [5.74, 6) is -3.31. The van der Waals surface area contributed by atoms with Gasteiger partial charge in [-0.1, -0.05) is 6.07 Å². The maximum atomic E-state index is 12.3. The summed E-state index contributed by atoms with van der Waals surface area (Å²) in [6.45, 7) is 0. The van der Waals surface area contributed by atoms with Gasteiger partial charge in [-0.25, -0.2) is 4.79 Å². The van der Waals surface area contributed by atoms with Crippen molar-refractivity contribution in [3.8, 4) is 5.75 Å². The summed E-state index contributed by atoms with van der Waals surface area (Å²) in [4.78, 5) is 22.3. The number of carboxylic acids is 1. The predicted octanol–water partition coefficient (Wildman–Crippen LogP) is 2.51. The Morgan fingerprint density at radius 3 is 2.43 bits per heavy atom. The van der Waals surface area contributed by atoms with Gasteiger partial charge in [0.1, 0.15) is 5.75 Å². The van der Waals surface area contributed by atoms with Crippen LogP contribution in [0.2, 0.25) is 0 Å². The first-order valence-corrected chi connectivity index (χ1v) is 6.09. The molecule has 0 aliphatic carbocycles. The zero-order chi connectivity index (χ0) is 16.2. The number of Topliss-reactive ketones (excluding diaryl/α,β-unsaturated/α-hetero) is 1. The SMILES string of the molecule is O=C(CCCl)c1ccc(C(O)C(=O)O)cc1OC(F)(F)F. The summed E-state index contributed by atoms with van der Waals surface area (Å²) in [6, 6.07) is 2.65. The van der Waals surface area contributed by atoms with Gasteiger partial charge in [-0.05, 0) is 17.7 Å². The number of carbonyl (C=O) groups excluding carboxylic acids is 1. The van der Waals surface area contributed by atoms with Crippen molar-refractivity contribution in [2.24, 2.45) is 0 Å². The minimum absolute atomic E-state index is 0.0935. The van der Waals surface area contributed by atoms with E-state index >= 15 is 0 Å². The summed E-state index contributed by atoms with van der Waals surface area (Å²) < 4.78 is 40.7. The zero-order valence-electron chi connectivity index (χ0n) is 10.4. The van der Waals surface area contributed by atoms with E-state index in [0.29, 0.717) is 6.07 Å². The molecule has 21 heavy (non-hydrogen) atoms. The Balaban J connectivity index is 3.26. The normalized spacial score (nSPS) is 12.8. The van der Waals surface area contributed by atoms with Gasteiger partial charge in [0.2, 0.25) is 0 Å². The molecule has 0 aliphatic rings. The first-order chi connectivity index (χ1) is 9.65. The Morgan fingerprint density at radius 1 is 1.33 bits per heavy atom. The molecule has 1 rings (SSSR count). The number of hydrogen-bond acceptors (Lipinski definition) is 4. The zero-order valence-corrected chi connectivity index (χ0v) is 11.1. The standard InChI is InChI=1S/C12H10ClF3O5/c13-4-3-8(17)7-2-1-6(10(18)11(19)20)5-9(7)21-12(14,15)16/h1-2,5,10,18H,3-4H2,(H,19,20). The van der Waals surface area contributed by atoms with E-state index in [0.717, 1.165) is 12.1 Å². The molecule has 1 atom stereocenters. The second-order valence-corrected chi connectivity index (χ2v) is 4.28. The monoisotopic (exact) mass is 326 g/mol. The highest BCUT2D eigenvalue weighted by molar-refractivity contribution is 6.19. The van der Waals surface area contributed by atoms with Crippen molar-refractivity contribution in [3.63, 3.8) is 0 Å². The minimum Gasteiger partial charge on any atom is -0.479 e. The summed E-state index contributed by atoms with van der Waals surface area (Å²) in [5, 5.41) is 17.9. The lowest BCUT2D eigenvalue weighted by Gasteiger charge is -2.15. The lowest BCUT2D eigenvalue weighted by atomic mass is 10.0. The first-order valence-electron chi connectivity index (χ1n) is 5.55. The van der Waals surface area contributed by atoms with Crippen LogP contribution in [0.3, 0.4) is 0 Å². The van der Waals surface area contributed by atoms with Gasteiger partial charge >= 0.3 is 12.3 Å². The number of ether oxygens (including phenoxy) is 1. The predicted molar refractivity (Wildman–Crippen MR) is 65.4 cm³/mol. The van der Waals surface area contributed by atoms with Crippen LogP contribution in [0.15, 0.2) is 18.2 Å². The molecule has 0 fully saturated rings. The molecule has 9 heteroatoms. The van der Waals surface area contributed by atoms with E-state index in [4.69, 9.17) is 16.7 Å². The number of benzene rings is 1. The molecule has 5 nitrogen and oxygen atoms in total. The third-order valence-corrected chi connectivity index (χ3v) is 2.59. The van der Waals surface area contributed by atoms with E-state index in [2.05, 4.69) is 4.74 Å². The first kappa shape index (κ1) is 17.3. The molecule has 0 aliphatic heterocycles. The fourth-order valence-electron chi connectivity index (χ4n) is 1.51. The molecular formula is C12H10ClF3O5. The van der Waals surface area contributed by atoms with E-state index in [1.807, 2.05) is 0 Å². The van der Waals surface area contributed by atoms with Crippen LogP contribution < -0.4 is 4.74 Å². The van der Waals surface area contributed by atoms with Crippen molar-refractivity contribution in [1.82, 2.24) is 0 Å². The topological polar surface area (TPSA) is 83.8 Å². The van der Waals surface area contributed by atoms with E-state index in [1.165, 1.54) is 0 Å². The second kappa shape index (κ2) is 6.77. The highest BCUT2D eigenvalue weighted by atomic mass is 35.5. The Bertz CT molecular complexity index is 544. The third kappa shape index (κ3) is 4.91. The fourth-order valence-corrected chi connectivity index (χ4v) is 1.68. The summed E-state index contributed by atoms with van der Waals surface area (Å²) in [6.07, 6.45) is -7.31. The van der Waals surface area contributed by atoms with Crippen molar-refractivity contribution >= 4 is 23.4 Å². The maximum absolute atomic E-state index is 12.3. The highest BCUT2D eigenvalue weighted by Crippen LogP contribution is 2.30. The molecule has 1 aromatic carbocycles. The quantitative estimate of drug-likeness (QED) is 0.620.